The first-order chi connectivity index (χ1) is 16.6. The number of alkyl carbamates (subject to hydrolysis) is 1. The summed E-state index contributed by atoms with van der Waals surface area (Å²) >= 11 is 0. The standard InChI is InChI=1S/C25H35N3O6S/c1-18(2)16-28(35(31,32)21-12-10-20(26)11-13-21)17-23(29)22(15-19-7-4-3-5-8-19)27-25(30)34-24-9-6-14-33-24/h3-5,7-8,10-13,18,22-24,29H,6,9,14-17,26H2,1-2H3,(H,27,30)/t22?,23-,24?/m1/s1. The first kappa shape index (κ1) is 26.9. The van der Waals surface area contributed by atoms with Crippen LogP contribution in [-0.4, -0.2) is 62.1 Å². The number of anilines is 1. The number of ether oxygens (including phenoxy) is 2. The largest absolute Gasteiger partial charge is 0.420 e. The van der Waals surface area contributed by atoms with E-state index in [2.05, 4.69) is 5.32 Å². The molecule has 35 heavy (non-hydrogen) atoms. The molecule has 2 aromatic rings. The fourth-order valence-electron chi connectivity index (χ4n) is 3.90. The van der Waals surface area contributed by atoms with Crippen LogP contribution >= 0.6 is 0 Å². The molecular weight excluding hydrogens is 470 g/mol. The zero-order chi connectivity index (χ0) is 25.4. The summed E-state index contributed by atoms with van der Waals surface area (Å²) in [5.41, 5.74) is 7.05. The Labute approximate surface area is 207 Å². The SMILES string of the molecule is CC(C)CN(C[C@@H](O)C(Cc1ccccc1)NC(=O)OC1CCCO1)S(=O)(=O)c1ccc(N)cc1. The second kappa shape index (κ2) is 12.3. The highest BCUT2D eigenvalue weighted by molar-refractivity contribution is 7.89. The van der Waals surface area contributed by atoms with E-state index in [1.807, 2.05) is 44.2 Å². The zero-order valence-electron chi connectivity index (χ0n) is 20.2. The van der Waals surface area contributed by atoms with E-state index >= 15 is 0 Å². The van der Waals surface area contributed by atoms with Crippen LogP contribution in [0.3, 0.4) is 0 Å². The highest BCUT2D eigenvalue weighted by atomic mass is 32.2. The van der Waals surface area contributed by atoms with Crippen molar-refractivity contribution in [2.45, 2.75) is 56.4 Å². The van der Waals surface area contributed by atoms with Crippen LogP contribution in [0.1, 0.15) is 32.3 Å². The van der Waals surface area contributed by atoms with E-state index in [1.165, 1.54) is 28.6 Å². The Kier molecular flexibility index (Phi) is 9.50. The first-order valence-corrected chi connectivity index (χ1v) is 13.3. The summed E-state index contributed by atoms with van der Waals surface area (Å²) in [5, 5.41) is 13.9. The molecule has 0 saturated carbocycles. The third-order valence-electron chi connectivity index (χ3n) is 5.67. The number of sulfonamides is 1. The van der Waals surface area contributed by atoms with Crippen LogP contribution in [0, 0.1) is 5.92 Å². The summed E-state index contributed by atoms with van der Waals surface area (Å²) in [5.74, 6) is 0.00997. The second-order valence-electron chi connectivity index (χ2n) is 9.14. The van der Waals surface area contributed by atoms with Crippen molar-refractivity contribution >= 4 is 21.8 Å². The van der Waals surface area contributed by atoms with Crippen molar-refractivity contribution in [3.63, 3.8) is 0 Å². The van der Waals surface area contributed by atoms with Gasteiger partial charge in [-0.15, -0.1) is 0 Å². The van der Waals surface area contributed by atoms with Crippen LogP contribution in [0.15, 0.2) is 59.5 Å². The Morgan fingerprint density at radius 2 is 1.86 bits per heavy atom. The minimum atomic E-state index is -3.91. The van der Waals surface area contributed by atoms with Crippen LogP contribution in [0.25, 0.3) is 0 Å². The Balaban J connectivity index is 1.80. The molecular formula is C25H35N3O6S. The van der Waals surface area contributed by atoms with Crippen molar-refractivity contribution in [2.75, 3.05) is 25.4 Å². The lowest BCUT2D eigenvalue weighted by Gasteiger charge is -2.30. The van der Waals surface area contributed by atoms with Crippen molar-refractivity contribution in [1.82, 2.24) is 9.62 Å². The number of nitrogens with two attached hydrogens (primary N) is 1. The summed E-state index contributed by atoms with van der Waals surface area (Å²) in [6.45, 7) is 4.32. The molecule has 10 heteroatoms. The number of nitrogens with zero attached hydrogens (tertiary/aromatic N) is 1. The quantitative estimate of drug-likeness (QED) is 0.400. The van der Waals surface area contributed by atoms with Crippen molar-refractivity contribution in [2.24, 2.45) is 5.92 Å². The molecule has 1 heterocycles. The number of hydrogen-bond donors (Lipinski definition) is 3. The molecule has 0 spiro atoms. The predicted octanol–water partition coefficient (Wildman–Crippen LogP) is 2.75. The molecule has 1 fully saturated rings. The molecule has 192 valence electrons. The molecule has 1 amide bonds. The number of carbonyl (C=O) groups excluding carboxylic acids is 1. The molecule has 1 saturated heterocycles. The topological polar surface area (TPSA) is 131 Å². The number of aliphatic hydroxyl groups excluding tert-OH is 1. The Bertz CT molecular complexity index is 1040. The van der Waals surface area contributed by atoms with Gasteiger partial charge < -0.3 is 25.6 Å². The molecule has 0 radical (unpaired) electrons. The Morgan fingerprint density at radius 3 is 2.46 bits per heavy atom. The molecule has 4 N–H and O–H groups in total. The highest BCUT2D eigenvalue weighted by Gasteiger charge is 2.32. The molecule has 1 aliphatic heterocycles. The lowest BCUT2D eigenvalue weighted by Crippen LogP contribution is -2.51. The molecule has 0 aromatic heterocycles. The summed E-state index contributed by atoms with van der Waals surface area (Å²) in [6.07, 6.45) is -0.821. The van der Waals surface area contributed by atoms with Crippen LogP contribution in [-0.2, 0) is 25.9 Å². The number of benzene rings is 2. The van der Waals surface area contributed by atoms with Crippen molar-refractivity contribution in [3.05, 3.63) is 60.2 Å². The van der Waals surface area contributed by atoms with Gasteiger partial charge in [0.25, 0.3) is 0 Å². The van der Waals surface area contributed by atoms with E-state index in [9.17, 15) is 18.3 Å². The number of carbonyl (C=O) groups is 1. The maximum absolute atomic E-state index is 13.4. The van der Waals surface area contributed by atoms with E-state index in [1.54, 1.807) is 0 Å². The Morgan fingerprint density at radius 1 is 1.17 bits per heavy atom. The summed E-state index contributed by atoms with van der Waals surface area (Å²) in [6, 6.07) is 14.5. The van der Waals surface area contributed by atoms with E-state index in [4.69, 9.17) is 15.2 Å². The third kappa shape index (κ3) is 7.93. The minimum Gasteiger partial charge on any atom is -0.420 e. The van der Waals surface area contributed by atoms with Gasteiger partial charge in [0.1, 0.15) is 0 Å². The maximum Gasteiger partial charge on any atom is 0.409 e. The van der Waals surface area contributed by atoms with Crippen molar-refractivity contribution < 1.29 is 27.8 Å². The predicted molar refractivity (Wildman–Crippen MR) is 133 cm³/mol. The van der Waals surface area contributed by atoms with Gasteiger partial charge >= 0.3 is 6.09 Å². The van der Waals surface area contributed by atoms with Gasteiger partial charge in [-0.25, -0.2) is 13.2 Å². The van der Waals surface area contributed by atoms with E-state index in [0.717, 1.165) is 12.0 Å². The summed E-state index contributed by atoms with van der Waals surface area (Å²) < 4.78 is 38.7. The van der Waals surface area contributed by atoms with E-state index < -0.39 is 34.6 Å². The molecule has 3 rings (SSSR count). The first-order valence-electron chi connectivity index (χ1n) is 11.8. The molecule has 0 bridgehead atoms. The fourth-order valence-corrected chi connectivity index (χ4v) is 5.52. The minimum absolute atomic E-state index is 0.00997. The van der Waals surface area contributed by atoms with Crippen molar-refractivity contribution in [3.8, 4) is 0 Å². The van der Waals surface area contributed by atoms with Crippen molar-refractivity contribution in [1.29, 1.82) is 0 Å². The lowest BCUT2D eigenvalue weighted by molar-refractivity contribution is -0.0698. The van der Waals surface area contributed by atoms with Gasteiger partial charge in [-0.3, -0.25) is 0 Å². The second-order valence-corrected chi connectivity index (χ2v) is 11.1. The molecule has 9 nitrogen and oxygen atoms in total. The summed E-state index contributed by atoms with van der Waals surface area (Å²) in [4.78, 5) is 12.6. The molecule has 1 aliphatic rings. The molecule has 0 aliphatic carbocycles. The number of rotatable bonds is 11. The van der Waals surface area contributed by atoms with Crippen LogP contribution in [0.5, 0.6) is 0 Å². The average Bonchev–Trinajstić information content (AvgIpc) is 3.31. The average molecular weight is 506 g/mol. The van der Waals surface area contributed by atoms with Crippen LogP contribution in [0.4, 0.5) is 10.5 Å². The number of nitrogen functional groups attached to an aromatic ring is 1. The third-order valence-corrected chi connectivity index (χ3v) is 7.52. The summed E-state index contributed by atoms with van der Waals surface area (Å²) in [7, 11) is -3.91. The van der Waals surface area contributed by atoms with E-state index in [-0.39, 0.29) is 23.9 Å². The van der Waals surface area contributed by atoms with Crippen LogP contribution < -0.4 is 11.1 Å². The van der Waals surface area contributed by atoms with Gasteiger partial charge in [0, 0.05) is 25.2 Å². The Hall–Kier alpha value is -2.66. The maximum atomic E-state index is 13.4. The molecule has 2 aromatic carbocycles. The van der Waals surface area contributed by atoms with Gasteiger partial charge in [0.2, 0.25) is 16.3 Å². The van der Waals surface area contributed by atoms with Gasteiger partial charge in [-0.2, -0.15) is 4.31 Å². The van der Waals surface area contributed by atoms with Gasteiger partial charge in [-0.1, -0.05) is 44.2 Å². The van der Waals surface area contributed by atoms with Gasteiger partial charge in [0.05, 0.1) is 23.6 Å². The zero-order valence-corrected chi connectivity index (χ0v) is 21.0. The van der Waals surface area contributed by atoms with Crippen LogP contribution in [0.2, 0.25) is 0 Å². The lowest BCUT2D eigenvalue weighted by atomic mass is 10.0. The molecule has 3 atom stereocenters. The van der Waals surface area contributed by atoms with Gasteiger partial charge in [0.15, 0.2) is 0 Å². The smallest absolute Gasteiger partial charge is 0.409 e. The molecule has 2 unspecified atom stereocenters. The highest BCUT2D eigenvalue weighted by Crippen LogP contribution is 2.20. The number of nitrogens with one attached hydrogen (secondary N) is 1. The monoisotopic (exact) mass is 505 g/mol. The normalized spacial score (nSPS) is 17.9. The fraction of sp³-hybridized carbons (Fsp3) is 0.480. The number of amides is 1. The number of hydrogen-bond acceptors (Lipinski definition) is 7. The van der Waals surface area contributed by atoms with E-state index in [0.29, 0.717) is 25.1 Å². The number of aliphatic hydroxyl groups is 1. The van der Waals surface area contributed by atoms with Gasteiger partial charge in [-0.05, 0) is 48.6 Å².